The van der Waals surface area contributed by atoms with Crippen molar-refractivity contribution < 1.29 is 15.0 Å². The lowest BCUT2D eigenvalue weighted by Gasteiger charge is -2.43. The third kappa shape index (κ3) is 4.69. The molecule has 0 spiro atoms. The van der Waals surface area contributed by atoms with Gasteiger partial charge in [-0.15, -0.1) is 0 Å². The third-order valence-electron chi connectivity index (χ3n) is 4.91. The molecule has 2 aromatic rings. The van der Waals surface area contributed by atoms with Gasteiger partial charge in [0.1, 0.15) is 5.60 Å². The summed E-state index contributed by atoms with van der Waals surface area (Å²) < 4.78 is 0. The highest BCUT2D eigenvalue weighted by Crippen LogP contribution is 2.22. The van der Waals surface area contributed by atoms with Crippen molar-refractivity contribution >= 4 is 5.91 Å². The minimum atomic E-state index is -1.33. The number of benzene rings is 2. The number of hydrogen-bond donors (Lipinski definition) is 3. The number of aliphatic hydroxyl groups is 2. The fourth-order valence-corrected chi connectivity index (χ4v) is 3.35. The maximum atomic E-state index is 12.6. The number of carbonyl (C=O) groups excluding carboxylic acids is 1. The minimum absolute atomic E-state index is 0.0235. The molecule has 0 radical (unpaired) electrons. The van der Waals surface area contributed by atoms with Gasteiger partial charge in [-0.05, 0) is 17.5 Å². The SMILES string of the molecule is O=C(Cc1ccccc1)N1CC[C@H](O)[C@@](O)(CNCc2ccccc2)C1. The molecule has 1 saturated heterocycles. The number of piperidine rings is 1. The highest BCUT2D eigenvalue weighted by atomic mass is 16.3. The molecule has 0 aromatic heterocycles. The summed E-state index contributed by atoms with van der Waals surface area (Å²) >= 11 is 0. The van der Waals surface area contributed by atoms with Crippen molar-refractivity contribution in [2.24, 2.45) is 0 Å². The Kier molecular flexibility index (Phi) is 6.04. The van der Waals surface area contributed by atoms with Crippen LogP contribution in [0.4, 0.5) is 0 Å². The van der Waals surface area contributed by atoms with Crippen LogP contribution in [0.1, 0.15) is 17.5 Å². The molecule has 138 valence electrons. The summed E-state index contributed by atoms with van der Waals surface area (Å²) in [6.45, 7) is 1.45. The van der Waals surface area contributed by atoms with Crippen molar-refractivity contribution in [2.75, 3.05) is 19.6 Å². The van der Waals surface area contributed by atoms with Crippen molar-refractivity contribution in [3.8, 4) is 0 Å². The highest BCUT2D eigenvalue weighted by Gasteiger charge is 2.42. The molecule has 1 aliphatic rings. The maximum absolute atomic E-state index is 12.6. The van der Waals surface area contributed by atoms with Crippen LogP contribution in [0.25, 0.3) is 0 Å². The lowest BCUT2D eigenvalue weighted by Crippen LogP contribution is -2.62. The smallest absolute Gasteiger partial charge is 0.227 e. The monoisotopic (exact) mass is 354 g/mol. The minimum Gasteiger partial charge on any atom is -0.390 e. The van der Waals surface area contributed by atoms with E-state index in [1.807, 2.05) is 60.7 Å². The maximum Gasteiger partial charge on any atom is 0.227 e. The number of nitrogens with one attached hydrogen (secondary N) is 1. The van der Waals surface area contributed by atoms with E-state index in [0.717, 1.165) is 11.1 Å². The van der Waals surface area contributed by atoms with Gasteiger partial charge in [-0.3, -0.25) is 4.79 Å². The van der Waals surface area contributed by atoms with E-state index >= 15 is 0 Å². The standard InChI is InChI=1S/C21H26N2O3/c24-19-11-12-23(20(25)13-17-7-3-1-4-8-17)16-21(19,26)15-22-14-18-9-5-2-6-10-18/h1-10,19,22,24,26H,11-16H2/t19-,21+/m0/s1. The first-order chi connectivity index (χ1) is 12.6. The van der Waals surface area contributed by atoms with E-state index < -0.39 is 11.7 Å². The number of nitrogens with zero attached hydrogens (tertiary/aromatic N) is 1. The van der Waals surface area contributed by atoms with Gasteiger partial charge in [-0.1, -0.05) is 60.7 Å². The number of carbonyl (C=O) groups is 1. The summed E-state index contributed by atoms with van der Waals surface area (Å²) in [7, 11) is 0. The number of β-amino-alcohol motifs (C(OH)–C–C–N with tert-alkyl or cyclic N) is 1. The van der Waals surface area contributed by atoms with Crippen molar-refractivity contribution in [1.82, 2.24) is 10.2 Å². The average Bonchev–Trinajstić information content (AvgIpc) is 2.66. The highest BCUT2D eigenvalue weighted by molar-refractivity contribution is 5.79. The van der Waals surface area contributed by atoms with Gasteiger partial charge in [0, 0.05) is 19.6 Å². The van der Waals surface area contributed by atoms with Crippen molar-refractivity contribution in [1.29, 1.82) is 0 Å². The second-order valence-corrected chi connectivity index (χ2v) is 6.97. The van der Waals surface area contributed by atoms with E-state index in [4.69, 9.17) is 0 Å². The molecular weight excluding hydrogens is 328 g/mol. The molecule has 0 bridgehead atoms. The molecule has 5 nitrogen and oxygen atoms in total. The number of amides is 1. The van der Waals surface area contributed by atoms with Crippen molar-refractivity contribution in [2.45, 2.75) is 31.1 Å². The Bertz CT molecular complexity index is 708. The predicted octanol–water partition coefficient (Wildman–Crippen LogP) is 1.34. The largest absolute Gasteiger partial charge is 0.390 e. The van der Waals surface area contributed by atoms with E-state index in [0.29, 0.717) is 25.9 Å². The number of rotatable bonds is 6. The molecule has 1 amide bonds. The van der Waals surface area contributed by atoms with Crippen molar-refractivity contribution in [3.05, 3.63) is 71.8 Å². The normalized spacial score (nSPS) is 23.0. The summed E-state index contributed by atoms with van der Waals surface area (Å²) in [4.78, 5) is 14.2. The van der Waals surface area contributed by atoms with E-state index in [9.17, 15) is 15.0 Å². The molecular formula is C21H26N2O3. The molecule has 1 heterocycles. The fraction of sp³-hybridized carbons (Fsp3) is 0.381. The molecule has 1 aliphatic heterocycles. The summed E-state index contributed by atoms with van der Waals surface area (Å²) in [5, 5.41) is 24.4. The first-order valence-electron chi connectivity index (χ1n) is 9.04. The molecule has 3 rings (SSSR count). The first-order valence-corrected chi connectivity index (χ1v) is 9.04. The quantitative estimate of drug-likeness (QED) is 0.732. The van der Waals surface area contributed by atoms with Gasteiger partial charge >= 0.3 is 0 Å². The van der Waals surface area contributed by atoms with Crippen LogP contribution in [0.3, 0.4) is 0 Å². The van der Waals surface area contributed by atoms with Gasteiger partial charge in [-0.25, -0.2) is 0 Å². The Balaban J connectivity index is 1.56. The fourth-order valence-electron chi connectivity index (χ4n) is 3.35. The number of hydrogen-bond acceptors (Lipinski definition) is 4. The summed E-state index contributed by atoms with van der Waals surface area (Å²) in [6.07, 6.45) is -0.152. The second kappa shape index (κ2) is 8.45. The Morgan fingerprint density at radius 3 is 2.35 bits per heavy atom. The molecule has 0 unspecified atom stereocenters. The first kappa shape index (κ1) is 18.6. The van der Waals surface area contributed by atoms with Crippen LogP contribution in [0.5, 0.6) is 0 Å². The molecule has 1 fully saturated rings. The summed E-state index contributed by atoms with van der Waals surface area (Å²) in [6, 6.07) is 19.5. The Labute approximate surface area is 154 Å². The topological polar surface area (TPSA) is 72.8 Å². The van der Waals surface area contributed by atoms with Crippen LogP contribution in [-0.2, 0) is 17.8 Å². The summed E-state index contributed by atoms with van der Waals surface area (Å²) in [5.74, 6) is -0.0235. The Morgan fingerprint density at radius 1 is 1.08 bits per heavy atom. The zero-order valence-corrected chi connectivity index (χ0v) is 14.8. The van der Waals surface area contributed by atoms with Gasteiger partial charge < -0.3 is 20.4 Å². The van der Waals surface area contributed by atoms with E-state index in [1.165, 1.54) is 0 Å². The average molecular weight is 354 g/mol. The molecule has 3 N–H and O–H groups in total. The van der Waals surface area contributed by atoms with Gasteiger partial charge in [0.2, 0.25) is 5.91 Å². The lowest BCUT2D eigenvalue weighted by atomic mass is 9.89. The summed E-state index contributed by atoms with van der Waals surface area (Å²) in [5.41, 5.74) is 0.729. The van der Waals surface area contributed by atoms with Crippen molar-refractivity contribution in [3.63, 3.8) is 0 Å². The van der Waals surface area contributed by atoms with E-state index in [-0.39, 0.29) is 19.0 Å². The second-order valence-electron chi connectivity index (χ2n) is 6.97. The van der Waals surface area contributed by atoms with Gasteiger partial charge in [-0.2, -0.15) is 0 Å². The third-order valence-corrected chi connectivity index (χ3v) is 4.91. The molecule has 26 heavy (non-hydrogen) atoms. The van der Waals surface area contributed by atoms with Crippen LogP contribution in [0.15, 0.2) is 60.7 Å². The lowest BCUT2D eigenvalue weighted by molar-refractivity contribution is -0.150. The van der Waals surface area contributed by atoms with Crippen LogP contribution in [-0.4, -0.2) is 52.4 Å². The van der Waals surface area contributed by atoms with Crippen LogP contribution in [0, 0.1) is 0 Å². The number of likely N-dealkylation sites (tertiary alicyclic amines) is 1. The zero-order valence-electron chi connectivity index (χ0n) is 14.8. The Morgan fingerprint density at radius 2 is 1.69 bits per heavy atom. The molecule has 2 aromatic carbocycles. The predicted molar refractivity (Wildman–Crippen MR) is 100 cm³/mol. The molecule has 2 atom stereocenters. The molecule has 0 saturated carbocycles. The van der Waals surface area contributed by atoms with Crippen LogP contribution in [0.2, 0.25) is 0 Å². The van der Waals surface area contributed by atoms with Crippen LogP contribution >= 0.6 is 0 Å². The van der Waals surface area contributed by atoms with E-state index in [2.05, 4.69) is 5.32 Å². The van der Waals surface area contributed by atoms with Gasteiger partial charge in [0.05, 0.1) is 19.1 Å². The van der Waals surface area contributed by atoms with Gasteiger partial charge in [0.15, 0.2) is 0 Å². The van der Waals surface area contributed by atoms with Crippen LogP contribution < -0.4 is 5.32 Å². The Hall–Kier alpha value is -2.21. The van der Waals surface area contributed by atoms with Gasteiger partial charge in [0.25, 0.3) is 0 Å². The zero-order chi connectivity index (χ0) is 18.4. The molecule has 0 aliphatic carbocycles. The number of aliphatic hydroxyl groups excluding tert-OH is 1. The van der Waals surface area contributed by atoms with E-state index in [1.54, 1.807) is 4.90 Å². The molecule has 5 heteroatoms.